The minimum atomic E-state index is -0.465. The van der Waals surface area contributed by atoms with Crippen LogP contribution in [0, 0.1) is 5.82 Å². The predicted molar refractivity (Wildman–Crippen MR) is 53.6 cm³/mol. The van der Waals surface area contributed by atoms with Crippen LogP contribution in [0.15, 0.2) is 12.1 Å². The summed E-state index contributed by atoms with van der Waals surface area (Å²) in [6.07, 6.45) is 1.22. The molecule has 0 fully saturated rings. The molecule has 1 aliphatic rings. The number of hydrogen-bond acceptors (Lipinski definition) is 3. The lowest BCUT2D eigenvalue weighted by Gasteiger charge is -2.20. The van der Waals surface area contributed by atoms with E-state index in [4.69, 9.17) is 10.5 Å². The van der Waals surface area contributed by atoms with Crippen LogP contribution in [0.2, 0.25) is 0 Å². The van der Waals surface area contributed by atoms with Gasteiger partial charge in [-0.25, -0.2) is 4.39 Å². The van der Waals surface area contributed by atoms with Crippen molar-refractivity contribution < 1.29 is 13.9 Å². The zero-order chi connectivity index (χ0) is 11.0. The molecule has 0 bridgehead atoms. The van der Waals surface area contributed by atoms with Crippen molar-refractivity contribution in [2.45, 2.75) is 18.9 Å². The number of nitrogens with two attached hydrogens (primary N) is 1. The number of Topliss-reactive ketones (excluding diaryl/α,β-unsaturated/α-hetero) is 1. The molecule has 80 valence electrons. The molecular formula is C11H12FNO2. The van der Waals surface area contributed by atoms with Crippen molar-refractivity contribution in [3.8, 4) is 5.75 Å². The van der Waals surface area contributed by atoms with Gasteiger partial charge in [-0.1, -0.05) is 0 Å². The highest BCUT2D eigenvalue weighted by molar-refractivity contribution is 6.02. The highest BCUT2D eigenvalue weighted by Crippen LogP contribution is 2.27. The van der Waals surface area contributed by atoms with E-state index < -0.39 is 11.9 Å². The fourth-order valence-corrected chi connectivity index (χ4v) is 1.83. The average Bonchev–Trinajstić information content (AvgIpc) is 2.23. The molecular weight excluding hydrogens is 197 g/mol. The second-order valence-electron chi connectivity index (χ2n) is 3.65. The molecule has 1 unspecified atom stereocenters. The molecule has 0 aromatic heterocycles. The maximum atomic E-state index is 13.3. The van der Waals surface area contributed by atoms with Crippen molar-refractivity contribution in [2.75, 3.05) is 7.11 Å². The maximum Gasteiger partial charge on any atom is 0.179 e. The van der Waals surface area contributed by atoms with Gasteiger partial charge in [0.15, 0.2) is 17.3 Å². The largest absolute Gasteiger partial charge is 0.494 e. The molecule has 0 saturated heterocycles. The monoisotopic (exact) mass is 209 g/mol. The van der Waals surface area contributed by atoms with Crippen LogP contribution >= 0.6 is 0 Å². The van der Waals surface area contributed by atoms with Gasteiger partial charge in [0.05, 0.1) is 13.2 Å². The van der Waals surface area contributed by atoms with Crippen LogP contribution < -0.4 is 10.5 Å². The predicted octanol–water partition coefficient (Wildman–Crippen LogP) is 1.29. The Labute approximate surface area is 87.0 Å². The van der Waals surface area contributed by atoms with Crippen LogP contribution in [0.25, 0.3) is 0 Å². The SMILES string of the molecule is COc1cc2c(cc1F)CCC(N)C2=O. The topological polar surface area (TPSA) is 52.3 Å². The van der Waals surface area contributed by atoms with Crippen molar-refractivity contribution in [3.05, 3.63) is 29.1 Å². The Bertz CT molecular complexity index is 417. The quantitative estimate of drug-likeness (QED) is 0.758. The summed E-state index contributed by atoms with van der Waals surface area (Å²) in [4.78, 5) is 11.7. The van der Waals surface area contributed by atoms with Gasteiger partial charge in [0, 0.05) is 5.56 Å². The molecule has 0 heterocycles. The van der Waals surface area contributed by atoms with Gasteiger partial charge < -0.3 is 10.5 Å². The zero-order valence-electron chi connectivity index (χ0n) is 8.42. The van der Waals surface area contributed by atoms with Crippen molar-refractivity contribution in [1.29, 1.82) is 0 Å². The molecule has 2 rings (SSSR count). The smallest absolute Gasteiger partial charge is 0.179 e. The molecule has 0 aliphatic heterocycles. The first-order valence-corrected chi connectivity index (χ1v) is 4.79. The van der Waals surface area contributed by atoms with E-state index in [1.54, 1.807) is 0 Å². The number of methoxy groups -OCH3 is 1. The first kappa shape index (κ1) is 10.1. The maximum absolute atomic E-state index is 13.3. The van der Waals surface area contributed by atoms with Crippen molar-refractivity contribution in [2.24, 2.45) is 5.73 Å². The van der Waals surface area contributed by atoms with Crippen LogP contribution in [0.5, 0.6) is 5.75 Å². The van der Waals surface area contributed by atoms with Gasteiger partial charge in [0.1, 0.15) is 0 Å². The van der Waals surface area contributed by atoms with Gasteiger partial charge in [-0.15, -0.1) is 0 Å². The Hall–Kier alpha value is -1.42. The molecule has 4 heteroatoms. The van der Waals surface area contributed by atoms with E-state index in [2.05, 4.69) is 0 Å². The Morgan fingerprint density at radius 3 is 2.93 bits per heavy atom. The Kier molecular flexibility index (Phi) is 2.44. The first-order chi connectivity index (χ1) is 7.13. The third kappa shape index (κ3) is 1.61. The molecule has 0 radical (unpaired) electrons. The van der Waals surface area contributed by atoms with Crippen molar-refractivity contribution >= 4 is 5.78 Å². The van der Waals surface area contributed by atoms with E-state index in [1.807, 2.05) is 0 Å². The summed E-state index contributed by atoms with van der Waals surface area (Å²) in [5.74, 6) is -0.467. The van der Waals surface area contributed by atoms with Crippen molar-refractivity contribution in [1.82, 2.24) is 0 Å². The Morgan fingerprint density at radius 2 is 2.27 bits per heavy atom. The number of aryl methyl sites for hydroxylation is 1. The van der Waals surface area contributed by atoms with Crippen LogP contribution in [0.1, 0.15) is 22.3 Å². The van der Waals surface area contributed by atoms with Crippen LogP contribution in [0.3, 0.4) is 0 Å². The van der Waals surface area contributed by atoms with Crippen molar-refractivity contribution in [3.63, 3.8) is 0 Å². The normalized spacial score (nSPS) is 19.9. The number of rotatable bonds is 1. The molecule has 0 spiro atoms. The Balaban J connectivity index is 2.53. The minimum absolute atomic E-state index is 0.0937. The van der Waals surface area contributed by atoms with E-state index in [0.717, 1.165) is 5.56 Å². The van der Waals surface area contributed by atoms with E-state index in [0.29, 0.717) is 18.4 Å². The van der Waals surface area contributed by atoms with Gasteiger partial charge in [0.2, 0.25) is 0 Å². The summed E-state index contributed by atoms with van der Waals surface area (Å²) in [6, 6.07) is 2.33. The fourth-order valence-electron chi connectivity index (χ4n) is 1.83. The summed E-state index contributed by atoms with van der Waals surface area (Å²) >= 11 is 0. The second kappa shape index (κ2) is 3.62. The molecule has 1 aliphatic carbocycles. The standard InChI is InChI=1S/C11H12FNO2/c1-15-10-5-7-6(4-8(10)12)2-3-9(13)11(7)14/h4-5,9H,2-3,13H2,1H3. The van der Waals surface area contributed by atoms with Gasteiger partial charge in [0.25, 0.3) is 0 Å². The molecule has 1 aromatic carbocycles. The van der Waals surface area contributed by atoms with Crippen LogP contribution in [-0.2, 0) is 6.42 Å². The lowest BCUT2D eigenvalue weighted by atomic mass is 9.87. The Morgan fingerprint density at radius 1 is 1.53 bits per heavy atom. The molecule has 3 nitrogen and oxygen atoms in total. The summed E-state index contributed by atoms with van der Waals surface area (Å²) in [6.45, 7) is 0. The highest BCUT2D eigenvalue weighted by atomic mass is 19.1. The molecule has 1 aromatic rings. The van der Waals surface area contributed by atoms with Crippen LogP contribution in [0.4, 0.5) is 4.39 Å². The minimum Gasteiger partial charge on any atom is -0.494 e. The second-order valence-corrected chi connectivity index (χ2v) is 3.65. The third-order valence-corrected chi connectivity index (χ3v) is 2.70. The van der Waals surface area contributed by atoms with E-state index in [1.165, 1.54) is 19.2 Å². The number of ketones is 1. The summed E-state index contributed by atoms with van der Waals surface area (Å²) in [5, 5.41) is 0. The number of halogens is 1. The lowest BCUT2D eigenvalue weighted by molar-refractivity contribution is 0.0948. The first-order valence-electron chi connectivity index (χ1n) is 4.79. The summed E-state index contributed by atoms with van der Waals surface area (Å²) in [7, 11) is 1.37. The molecule has 0 saturated carbocycles. The van der Waals surface area contributed by atoms with E-state index >= 15 is 0 Å². The zero-order valence-corrected chi connectivity index (χ0v) is 8.42. The van der Waals surface area contributed by atoms with E-state index in [9.17, 15) is 9.18 Å². The number of benzene rings is 1. The number of carbonyl (C=O) groups excluding carboxylic acids is 1. The number of ether oxygens (including phenoxy) is 1. The number of carbonyl (C=O) groups is 1. The van der Waals surface area contributed by atoms with Gasteiger partial charge in [-0.3, -0.25) is 4.79 Å². The molecule has 2 N–H and O–H groups in total. The van der Waals surface area contributed by atoms with Crippen LogP contribution in [-0.4, -0.2) is 18.9 Å². The lowest BCUT2D eigenvalue weighted by Crippen LogP contribution is -2.35. The average molecular weight is 209 g/mol. The van der Waals surface area contributed by atoms with Gasteiger partial charge in [-0.2, -0.15) is 0 Å². The summed E-state index contributed by atoms with van der Waals surface area (Å²) in [5.41, 5.74) is 6.85. The fraction of sp³-hybridized carbons (Fsp3) is 0.364. The summed E-state index contributed by atoms with van der Waals surface area (Å²) < 4.78 is 18.2. The van der Waals surface area contributed by atoms with E-state index in [-0.39, 0.29) is 11.5 Å². The molecule has 1 atom stereocenters. The third-order valence-electron chi connectivity index (χ3n) is 2.70. The molecule has 15 heavy (non-hydrogen) atoms. The highest BCUT2D eigenvalue weighted by Gasteiger charge is 2.25. The molecule has 0 amide bonds. The van der Waals surface area contributed by atoms with Gasteiger partial charge >= 0.3 is 0 Å². The number of fused-ring (bicyclic) bond motifs is 1. The number of hydrogen-bond donors (Lipinski definition) is 1. The van der Waals surface area contributed by atoms with Gasteiger partial charge in [-0.05, 0) is 30.5 Å².